The maximum absolute atomic E-state index is 10.8. The summed E-state index contributed by atoms with van der Waals surface area (Å²) in [7, 11) is 0. The second kappa shape index (κ2) is 6.00. The Hall–Kier alpha value is -2.51. The van der Waals surface area contributed by atoms with Gasteiger partial charge < -0.3 is 20.5 Å². The molecule has 2 saturated carbocycles. The maximum Gasteiger partial charge on any atom is 0.145 e. The summed E-state index contributed by atoms with van der Waals surface area (Å²) in [5.74, 6) is 0.931. The molecule has 2 aliphatic rings. The van der Waals surface area contributed by atoms with E-state index in [1.165, 1.54) is 6.33 Å². The van der Waals surface area contributed by atoms with Crippen molar-refractivity contribution < 1.29 is 10.2 Å². The number of hydrogen-bond donors (Lipinski definition) is 3. The zero-order valence-electron chi connectivity index (χ0n) is 14.9. The van der Waals surface area contributed by atoms with Crippen LogP contribution in [0, 0.1) is 11.3 Å². The Morgan fingerprint density at radius 1 is 1.11 bits per heavy atom. The molecule has 0 radical (unpaired) electrons. The lowest BCUT2D eigenvalue weighted by molar-refractivity contribution is -0.0843. The van der Waals surface area contributed by atoms with E-state index in [0.29, 0.717) is 17.4 Å². The lowest BCUT2D eigenvalue weighted by Gasteiger charge is -2.47. The monoisotopic (exact) mass is 365 g/mol. The molecule has 27 heavy (non-hydrogen) atoms. The average Bonchev–Trinajstić information content (AvgIpc) is 3.18. The van der Waals surface area contributed by atoms with Gasteiger partial charge >= 0.3 is 0 Å². The van der Waals surface area contributed by atoms with E-state index in [4.69, 9.17) is 5.73 Å². The molecule has 1 spiro atoms. The first-order chi connectivity index (χ1) is 13.1. The summed E-state index contributed by atoms with van der Waals surface area (Å²) in [6, 6.07) is 7.64. The van der Waals surface area contributed by atoms with E-state index in [1.54, 1.807) is 0 Å². The minimum atomic E-state index is -0.812. The van der Waals surface area contributed by atoms with Crippen LogP contribution in [0.4, 0.5) is 5.82 Å². The quantitative estimate of drug-likeness (QED) is 0.652. The van der Waals surface area contributed by atoms with E-state index >= 15 is 0 Å². The van der Waals surface area contributed by atoms with Gasteiger partial charge in [-0.25, -0.2) is 9.97 Å². The molecule has 0 amide bonds. The number of pyridine rings is 1. The predicted octanol–water partition coefficient (Wildman–Crippen LogP) is 1.71. The number of aliphatic hydroxyl groups excluding tert-OH is 2. The molecule has 2 fully saturated rings. The van der Waals surface area contributed by atoms with Crippen molar-refractivity contribution >= 4 is 16.9 Å². The van der Waals surface area contributed by atoms with Gasteiger partial charge in [0, 0.05) is 23.5 Å². The van der Waals surface area contributed by atoms with Gasteiger partial charge in [-0.1, -0.05) is 6.07 Å². The van der Waals surface area contributed by atoms with Crippen molar-refractivity contribution in [2.45, 2.75) is 43.9 Å². The third-order valence-corrected chi connectivity index (χ3v) is 6.47. The van der Waals surface area contributed by atoms with E-state index < -0.39 is 12.2 Å². The topological polar surface area (TPSA) is 110 Å². The van der Waals surface area contributed by atoms with Crippen LogP contribution in [0.15, 0.2) is 43.0 Å². The Balaban J connectivity index is 1.36. The van der Waals surface area contributed by atoms with Gasteiger partial charge in [0.2, 0.25) is 0 Å². The summed E-state index contributed by atoms with van der Waals surface area (Å²) in [6.07, 6.45) is 7.09. The Labute approximate surface area is 156 Å². The standard InChI is InChI=1S/C20H23N5O2/c21-18-14-4-6-25(19(14)24-11-23-18)15-10-20(17(27)16(15)26)8-12(9-20)7-13-3-1-2-5-22-13/h1-6,11-12,15-17,26-27H,7-10H2,(H2,21,23,24)/t12?,15-,16+,17+,20?/m1/s1. The molecule has 3 atom stereocenters. The van der Waals surface area contributed by atoms with Gasteiger partial charge in [-0.05, 0) is 49.8 Å². The van der Waals surface area contributed by atoms with Gasteiger partial charge in [-0.15, -0.1) is 0 Å². The molecule has 3 aromatic heterocycles. The summed E-state index contributed by atoms with van der Waals surface area (Å²) < 4.78 is 1.95. The Kier molecular flexibility index (Phi) is 3.70. The van der Waals surface area contributed by atoms with Gasteiger partial charge in [0.1, 0.15) is 23.9 Å². The largest absolute Gasteiger partial charge is 0.390 e. The fraction of sp³-hybridized carbons (Fsp3) is 0.450. The van der Waals surface area contributed by atoms with Crippen LogP contribution in [0.2, 0.25) is 0 Å². The third-order valence-electron chi connectivity index (χ3n) is 6.47. The summed E-state index contributed by atoms with van der Waals surface area (Å²) in [4.78, 5) is 12.8. The number of hydrogen-bond acceptors (Lipinski definition) is 6. The summed E-state index contributed by atoms with van der Waals surface area (Å²) in [6.45, 7) is 0. The van der Waals surface area contributed by atoms with Crippen molar-refractivity contribution in [2.24, 2.45) is 11.3 Å². The molecule has 0 bridgehead atoms. The Morgan fingerprint density at radius 3 is 2.74 bits per heavy atom. The van der Waals surface area contributed by atoms with Crippen LogP contribution in [-0.4, -0.2) is 41.9 Å². The van der Waals surface area contributed by atoms with Crippen molar-refractivity contribution in [3.05, 3.63) is 48.7 Å². The molecule has 2 aliphatic carbocycles. The fourth-order valence-electron chi connectivity index (χ4n) is 5.21. The normalized spacial score (nSPS) is 32.8. The van der Waals surface area contributed by atoms with Gasteiger partial charge in [0.25, 0.3) is 0 Å². The first kappa shape index (κ1) is 16.6. The smallest absolute Gasteiger partial charge is 0.145 e. The van der Waals surface area contributed by atoms with Gasteiger partial charge in [-0.2, -0.15) is 0 Å². The molecule has 3 heterocycles. The highest BCUT2D eigenvalue weighted by molar-refractivity contribution is 5.86. The second-order valence-corrected chi connectivity index (χ2v) is 8.09. The molecule has 0 saturated heterocycles. The predicted molar refractivity (Wildman–Crippen MR) is 101 cm³/mol. The molecular weight excluding hydrogens is 342 g/mol. The van der Waals surface area contributed by atoms with Crippen LogP contribution in [-0.2, 0) is 6.42 Å². The van der Waals surface area contributed by atoms with E-state index in [1.807, 2.05) is 41.2 Å². The van der Waals surface area contributed by atoms with Crippen LogP contribution in [0.3, 0.4) is 0 Å². The number of aromatic nitrogens is 4. The van der Waals surface area contributed by atoms with Crippen LogP contribution < -0.4 is 5.73 Å². The summed E-state index contributed by atoms with van der Waals surface area (Å²) in [5.41, 5.74) is 7.50. The number of aliphatic hydroxyl groups is 2. The Bertz CT molecular complexity index is 967. The minimum absolute atomic E-state index is 0.206. The first-order valence-corrected chi connectivity index (χ1v) is 9.40. The summed E-state index contributed by atoms with van der Waals surface area (Å²) in [5, 5.41) is 22.4. The maximum atomic E-state index is 10.8. The zero-order valence-corrected chi connectivity index (χ0v) is 14.9. The van der Waals surface area contributed by atoms with Crippen molar-refractivity contribution in [2.75, 3.05) is 5.73 Å². The van der Waals surface area contributed by atoms with Gasteiger partial charge in [0.05, 0.1) is 17.5 Å². The van der Waals surface area contributed by atoms with Crippen molar-refractivity contribution in [3.8, 4) is 0 Å². The SMILES string of the molecule is Nc1ncnc2c1ccn2[C@@H]1CC2(CC(Cc3ccccn3)C2)[C@@H](O)[C@H]1O. The second-order valence-electron chi connectivity index (χ2n) is 8.09. The molecule has 0 aromatic carbocycles. The minimum Gasteiger partial charge on any atom is -0.390 e. The van der Waals surface area contributed by atoms with Crippen LogP contribution in [0.5, 0.6) is 0 Å². The van der Waals surface area contributed by atoms with E-state index in [0.717, 1.165) is 36.8 Å². The van der Waals surface area contributed by atoms with E-state index in [2.05, 4.69) is 15.0 Å². The van der Waals surface area contributed by atoms with E-state index in [-0.39, 0.29) is 11.5 Å². The zero-order chi connectivity index (χ0) is 18.6. The molecule has 5 rings (SSSR count). The van der Waals surface area contributed by atoms with Crippen LogP contribution >= 0.6 is 0 Å². The summed E-state index contributed by atoms with van der Waals surface area (Å²) >= 11 is 0. The molecule has 140 valence electrons. The number of nitrogens with two attached hydrogens (primary N) is 1. The fourth-order valence-corrected chi connectivity index (χ4v) is 5.21. The van der Waals surface area contributed by atoms with Gasteiger partial charge in [-0.3, -0.25) is 4.98 Å². The molecule has 7 nitrogen and oxygen atoms in total. The number of nitrogens with zero attached hydrogens (tertiary/aromatic N) is 4. The lowest BCUT2D eigenvalue weighted by Crippen LogP contribution is -2.46. The number of nitrogen functional groups attached to an aromatic ring is 1. The van der Waals surface area contributed by atoms with Crippen molar-refractivity contribution in [3.63, 3.8) is 0 Å². The van der Waals surface area contributed by atoms with Crippen LogP contribution in [0.25, 0.3) is 11.0 Å². The highest BCUT2D eigenvalue weighted by atomic mass is 16.3. The van der Waals surface area contributed by atoms with Crippen LogP contribution in [0.1, 0.15) is 31.0 Å². The molecule has 7 heteroatoms. The molecule has 4 N–H and O–H groups in total. The lowest BCUT2D eigenvalue weighted by atomic mass is 9.58. The molecule has 0 aliphatic heterocycles. The molecule has 3 aromatic rings. The molecule has 0 unspecified atom stereocenters. The van der Waals surface area contributed by atoms with Gasteiger partial charge in [0.15, 0.2) is 0 Å². The number of fused-ring (bicyclic) bond motifs is 1. The first-order valence-electron chi connectivity index (χ1n) is 9.40. The van der Waals surface area contributed by atoms with E-state index in [9.17, 15) is 10.2 Å². The Morgan fingerprint density at radius 2 is 1.96 bits per heavy atom. The van der Waals surface area contributed by atoms with Crippen molar-refractivity contribution in [1.82, 2.24) is 19.5 Å². The highest BCUT2D eigenvalue weighted by Gasteiger charge is 2.59. The number of anilines is 1. The third kappa shape index (κ3) is 2.53. The van der Waals surface area contributed by atoms with Crippen molar-refractivity contribution in [1.29, 1.82) is 0 Å². The average molecular weight is 365 g/mol. The highest BCUT2D eigenvalue weighted by Crippen LogP contribution is 2.59. The number of rotatable bonds is 3. The molecular formula is C20H23N5O2.